The first-order chi connectivity index (χ1) is 16.3. The largest absolute Gasteiger partial charge is 0.337 e. The fourth-order valence-electron chi connectivity index (χ4n) is 2.96. The summed E-state index contributed by atoms with van der Waals surface area (Å²) in [7, 11) is 1.80. The third-order valence-electron chi connectivity index (χ3n) is 4.70. The minimum absolute atomic E-state index is 0.0325. The molecule has 0 saturated heterocycles. The van der Waals surface area contributed by atoms with E-state index in [4.69, 9.17) is 5.41 Å². The van der Waals surface area contributed by atoms with Crippen molar-refractivity contribution in [3.8, 4) is 11.1 Å². The van der Waals surface area contributed by atoms with Crippen LogP contribution < -0.4 is 21.3 Å². The van der Waals surface area contributed by atoms with Gasteiger partial charge in [-0.3, -0.25) is 4.79 Å². The minimum Gasteiger partial charge on any atom is -0.337 e. The molecule has 0 fully saturated rings. The standard InChI is InChI=1S/C24H23F2N7O/c1-4-22(34)30-16-7-8-19(25)21(10-16)32-23-18(15-6-5-14(2)20(26)9-15)13-29-24(33-23)31-17(11-27)12-28-3/h4-13,27-28H,1H2,2-3H3,(H,30,34)(H2,29,31,32,33)/p+1/b17-12+,27-11?. The maximum absolute atomic E-state index is 14.6. The molecule has 0 unspecified atom stereocenters. The molecule has 0 aliphatic carbocycles. The molecule has 1 heterocycles. The summed E-state index contributed by atoms with van der Waals surface area (Å²) in [6, 6.07) is 8.69. The van der Waals surface area contributed by atoms with E-state index in [1.165, 1.54) is 30.5 Å². The van der Waals surface area contributed by atoms with E-state index in [-0.39, 0.29) is 17.5 Å². The number of quaternary nitrogens is 1. The van der Waals surface area contributed by atoms with E-state index >= 15 is 0 Å². The summed E-state index contributed by atoms with van der Waals surface area (Å²) >= 11 is 0. The molecule has 1 aromatic heterocycles. The van der Waals surface area contributed by atoms with Crippen molar-refractivity contribution >= 4 is 35.3 Å². The summed E-state index contributed by atoms with van der Waals surface area (Å²) in [4.78, 5) is 20.3. The maximum Gasteiger partial charge on any atom is 0.247 e. The second-order valence-corrected chi connectivity index (χ2v) is 7.16. The molecule has 34 heavy (non-hydrogen) atoms. The third-order valence-corrected chi connectivity index (χ3v) is 4.70. The number of nitrogens with one attached hydrogen (secondary N) is 4. The number of halogens is 2. The summed E-state index contributed by atoms with van der Waals surface area (Å²) in [5.74, 6) is -1.10. The number of amides is 1. The third kappa shape index (κ3) is 5.87. The molecule has 0 atom stereocenters. The van der Waals surface area contributed by atoms with Crippen LogP contribution in [0.2, 0.25) is 0 Å². The van der Waals surface area contributed by atoms with Crippen molar-refractivity contribution in [1.29, 1.82) is 5.41 Å². The summed E-state index contributed by atoms with van der Waals surface area (Å²) in [6.45, 7) is 5.05. The zero-order valence-corrected chi connectivity index (χ0v) is 18.6. The van der Waals surface area contributed by atoms with Gasteiger partial charge in [-0.1, -0.05) is 18.7 Å². The molecule has 6 N–H and O–H groups in total. The maximum atomic E-state index is 14.6. The fraction of sp³-hybridized carbons (Fsp3) is 0.0833. The van der Waals surface area contributed by atoms with E-state index in [1.807, 2.05) is 0 Å². The van der Waals surface area contributed by atoms with Gasteiger partial charge in [0.15, 0.2) is 0 Å². The molecule has 0 aliphatic heterocycles. The van der Waals surface area contributed by atoms with Gasteiger partial charge in [-0.2, -0.15) is 4.98 Å². The van der Waals surface area contributed by atoms with E-state index in [1.54, 1.807) is 37.6 Å². The van der Waals surface area contributed by atoms with Crippen LogP contribution in [0.1, 0.15) is 5.56 Å². The van der Waals surface area contributed by atoms with Gasteiger partial charge in [-0.05, 0) is 48.4 Å². The van der Waals surface area contributed by atoms with Crippen molar-refractivity contribution in [2.75, 3.05) is 23.0 Å². The van der Waals surface area contributed by atoms with E-state index in [0.717, 1.165) is 12.3 Å². The smallest absolute Gasteiger partial charge is 0.247 e. The predicted octanol–water partition coefficient (Wildman–Crippen LogP) is 3.69. The lowest BCUT2D eigenvalue weighted by atomic mass is 10.1. The molecule has 0 saturated carbocycles. The Morgan fingerprint density at radius 1 is 1.15 bits per heavy atom. The number of rotatable bonds is 9. The molecule has 10 heteroatoms. The van der Waals surface area contributed by atoms with Crippen molar-refractivity contribution in [3.05, 3.63) is 84.3 Å². The molecule has 1 amide bonds. The van der Waals surface area contributed by atoms with E-state index in [9.17, 15) is 13.6 Å². The average molecular weight is 465 g/mol. The Bertz CT molecular complexity index is 1270. The van der Waals surface area contributed by atoms with Crippen LogP contribution in [-0.4, -0.2) is 29.1 Å². The van der Waals surface area contributed by atoms with Crippen molar-refractivity contribution in [3.63, 3.8) is 0 Å². The number of carbonyl (C=O) groups excluding carboxylic acids is 1. The van der Waals surface area contributed by atoms with Gasteiger partial charge >= 0.3 is 0 Å². The van der Waals surface area contributed by atoms with Crippen LogP contribution in [0.15, 0.2) is 67.1 Å². The number of allylic oxidation sites excluding steroid dienone is 1. The molecule has 0 aliphatic rings. The van der Waals surface area contributed by atoms with E-state index in [0.29, 0.717) is 28.1 Å². The fourth-order valence-corrected chi connectivity index (χ4v) is 2.96. The first kappa shape index (κ1) is 24.2. The zero-order chi connectivity index (χ0) is 24.7. The Morgan fingerprint density at radius 2 is 1.94 bits per heavy atom. The number of hydrogen-bond acceptors (Lipinski definition) is 6. The highest BCUT2D eigenvalue weighted by Crippen LogP contribution is 2.32. The van der Waals surface area contributed by atoms with Gasteiger partial charge in [0.05, 0.1) is 12.7 Å². The normalized spacial score (nSPS) is 11.0. The van der Waals surface area contributed by atoms with Crippen molar-refractivity contribution in [2.24, 2.45) is 0 Å². The quantitative estimate of drug-likeness (QED) is 0.244. The number of hydrogen-bond donors (Lipinski definition) is 5. The summed E-state index contributed by atoms with van der Waals surface area (Å²) in [5.41, 5.74) is 2.19. The number of benzene rings is 2. The van der Waals surface area contributed by atoms with Gasteiger partial charge in [-0.15, -0.1) is 0 Å². The molecule has 3 rings (SSSR count). The molecule has 0 spiro atoms. The Balaban J connectivity index is 2.07. The van der Waals surface area contributed by atoms with E-state index in [2.05, 4.69) is 32.5 Å². The number of anilines is 4. The Morgan fingerprint density at radius 3 is 2.62 bits per heavy atom. The molecular formula is C24H24F2N7O+. The van der Waals surface area contributed by atoms with E-state index < -0.39 is 17.5 Å². The van der Waals surface area contributed by atoms with Crippen LogP contribution in [0.5, 0.6) is 0 Å². The lowest BCUT2D eigenvalue weighted by molar-refractivity contribution is -0.556. The topological polar surface area (TPSA) is 119 Å². The Labute approximate surface area is 195 Å². The highest BCUT2D eigenvalue weighted by molar-refractivity contribution is 5.99. The van der Waals surface area contributed by atoms with Gasteiger partial charge < -0.3 is 26.7 Å². The number of nitrogens with two attached hydrogens (primary N) is 1. The number of carbonyl (C=O) groups is 1. The second kappa shape index (κ2) is 10.9. The van der Waals surface area contributed by atoms with Gasteiger partial charge in [0.2, 0.25) is 11.9 Å². The molecule has 3 aromatic rings. The number of aromatic nitrogens is 2. The van der Waals surface area contributed by atoms with Gasteiger partial charge in [0, 0.05) is 23.7 Å². The Hall–Kier alpha value is -4.44. The molecule has 8 nitrogen and oxygen atoms in total. The van der Waals surface area contributed by atoms with Gasteiger partial charge in [0.25, 0.3) is 0 Å². The summed E-state index contributed by atoms with van der Waals surface area (Å²) in [5, 5.41) is 17.6. The van der Waals surface area contributed by atoms with Crippen LogP contribution in [0, 0.1) is 24.0 Å². The average Bonchev–Trinajstić information content (AvgIpc) is 2.83. The van der Waals surface area contributed by atoms with Gasteiger partial charge in [-0.25, -0.2) is 13.8 Å². The lowest BCUT2D eigenvalue weighted by Crippen LogP contribution is -2.73. The molecular weight excluding hydrogens is 440 g/mol. The highest BCUT2D eigenvalue weighted by atomic mass is 19.1. The van der Waals surface area contributed by atoms with Crippen molar-refractivity contribution in [2.45, 2.75) is 6.92 Å². The molecule has 174 valence electrons. The van der Waals surface area contributed by atoms with Crippen LogP contribution in [-0.2, 0) is 4.79 Å². The first-order valence-corrected chi connectivity index (χ1v) is 10.2. The minimum atomic E-state index is -0.591. The van der Waals surface area contributed by atoms with Crippen LogP contribution in [0.4, 0.5) is 31.9 Å². The monoisotopic (exact) mass is 464 g/mol. The van der Waals surface area contributed by atoms with Gasteiger partial charge in [0.1, 0.15) is 29.3 Å². The SMILES string of the molecule is C=CC(=O)Nc1ccc(F)c(Nc2nc(N/C(C=N)=C/[NH2+]C)ncc2-c2ccc(C)c(F)c2)c1. The molecule has 0 bridgehead atoms. The highest BCUT2D eigenvalue weighted by Gasteiger charge is 2.15. The van der Waals surface area contributed by atoms with Crippen LogP contribution in [0.3, 0.4) is 0 Å². The second-order valence-electron chi connectivity index (χ2n) is 7.16. The molecule has 0 radical (unpaired) electrons. The van der Waals surface area contributed by atoms with Crippen LogP contribution in [0.25, 0.3) is 11.1 Å². The first-order valence-electron chi connectivity index (χ1n) is 10.2. The molecule has 2 aromatic carbocycles. The Kier molecular flexibility index (Phi) is 7.78. The number of nitrogens with zero attached hydrogens (tertiary/aromatic N) is 2. The van der Waals surface area contributed by atoms with Crippen LogP contribution >= 0.6 is 0 Å². The van der Waals surface area contributed by atoms with Crippen molar-refractivity contribution in [1.82, 2.24) is 9.97 Å². The lowest BCUT2D eigenvalue weighted by Gasteiger charge is -2.15. The van der Waals surface area contributed by atoms with Crippen molar-refractivity contribution < 1.29 is 18.9 Å². The summed E-state index contributed by atoms with van der Waals surface area (Å²) in [6.07, 6.45) is 5.34. The number of aryl methyl sites for hydroxylation is 1. The predicted molar refractivity (Wildman–Crippen MR) is 129 cm³/mol. The zero-order valence-electron chi connectivity index (χ0n) is 18.6. The summed E-state index contributed by atoms with van der Waals surface area (Å²) < 4.78 is 28.9.